The molecule has 1 saturated carbocycles. The van der Waals surface area contributed by atoms with E-state index in [4.69, 9.17) is 5.11 Å². The van der Waals surface area contributed by atoms with Crippen molar-refractivity contribution in [1.82, 2.24) is 10.6 Å². The van der Waals surface area contributed by atoms with Crippen LogP contribution >= 0.6 is 11.8 Å². The highest BCUT2D eigenvalue weighted by atomic mass is 32.2. The van der Waals surface area contributed by atoms with Gasteiger partial charge >= 0.3 is 12.0 Å². The largest absolute Gasteiger partial charge is 0.481 e. The highest BCUT2D eigenvalue weighted by Gasteiger charge is 2.27. The minimum Gasteiger partial charge on any atom is -0.481 e. The average Bonchev–Trinajstić information content (AvgIpc) is 2.81. The molecule has 1 aliphatic carbocycles. The molecule has 0 bridgehead atoms. The van der Waals surface area contributed by atoms with Crippen molar-refractivity contribution in [2.45, 2.75) is 56.2 Å². The van der Waals surface area contributed by atoms with E-state index in [1.807, 2.05) is 6.26 Å². The van der Waals surface area contributed by atoms with Crippen LogP contribution in [0.1, 0.15) is 44.9 Å². The molecule has 3 N–H and O–H groups in total. The Balaban J connectivity index is 2.18. The van der Waals surface area contributed by atoms with Crippen molar-refractivity contribution in [2.75, 3.05) is 6.26 Å². The number of imide groups is 1. The molecule has 1 fully saturated rings. The molecule has 20 heavy (non-hydrogen) atoms. The Morgan fingerprint density at radius 1 is 1.20 bits per heavy atom. The van der Waals surface area contributed by atoms with Crippen molar-refractivity contribution in [3.05, 3.63) is 0 Å². The molecule has 0 saturated heterocycles. The zero-order valence-electron chi connectivity index (χ0n) is 11.7. The van der Waals surface area contributed by atoms with Gasteiger partial charge in [-0.2, -0.15) is 11.8 Å². The summed E-state index contributed by atoms with van der Waals surface area (Å²) < 4.78 is 0. The summed E-state index contributed by atoms with van der Waals surface area (Å²) >= 11 is 1.74. The molecule has 1 aliphatic rings. The van der Waals surface area contributed by atoms with E-state index in [1.54, 1.807) is 11.8 Å². The summed E-state index contributed by atoms with van der Waals surface area (Å²) in [6, 6.07) is -0.316. The van der Waals surface area contributed by atoms with Crippen LogP contribution < -0.4 is 10.6 Å². The second-order valence-electron chi connectivity index (χ2n) is 4.93. The van der Waals surface area contributed by atoms with Gasteiger partial charge in [0, 0.05) is 24.1 Å². The maximum absolute atomic E-state index is 11.7. The van der Waals surface area contributed by atoms with Crippen molar-refractivity contribution in [2.24, 2.45) is 0 Å². The Hall–Kier alpha value is -1.24. The number of nitrogens with one attached hydrogen (secondary N) is 2. The molecule has 0 aromatic rings. The Bertz CT molecular complexity index is 362. The first-order chi connectivity index (χ1) is 9.52. The number of unbranched alkanes of at least 4 members (excludes halogenated alkanes) is 1. The molecule has 7 heteroatoms. The topological polar surface area (TPSA) is 95.5 Å². The molecule has 0 heterocycles. The summed E-state index contributed by atoms with van der Waals surface area (Å²) in [5.41, 5.74) is 0. The van der Waals surface area contributed by atoms with Crippen LogP contribution in [0.15, 0.2) is 0 Å². The highest BCUT2D eigenvalue weighted by molar-refractivity contribution is 7.99. The Kier molecular flexibility index (Phi) is 7.43. The summed E-state index contributed by atoms with van der Waals surface area (Å²) in [7, 11) is 0. The second kappa shape index (κ2) is 8.84. The van der Waals surface area contributed by atoms with Crippen LogP contribution in [0, 0.1) is 0 Å². The smallest absolute Gasteiger partial charge is 0.321 e. The molecule has 6 nitrogen and oxygen atoms in total. The van der Waals surface area contributed by atoms with Crippen molar-refractivity contribution >= 4 is 29.7 Å². The number of carbonyl (C=O) groups is 3. The minimum absolute atomic E-state index is 0.0525. The van der Waals surface area contributed by atoms with E-state index in [-0.39, 0.29) is 24.8 Å². The van der Waals surface area contributed by atoms with Gasteiger partial charge in [0.1, 0.15) is 0 Å². The zero-order chi connectivity index (χ0) is 15.0. The SMILES string of the molecule is CSC1CCCC1NC(=O)NC(=O)CCCCC(=O)O. The molecular weight excluding hydrogens is 280 g/mol. The van der Waals surface area contributed by atoms with Gasteiger partial charge in [-0.1, -0.05) is 6.42 Å². The summed E-state index contributed by atoms with van der Waals surface area (Å²) in [6.45, 7) is 0. The number of carbonyl (C=O) groups excluding carboxylic acids is 2. The number of hydrogen-bond acceptors (Lipinski definition) is 4. The number of thioether (sulfide) groups is 1. The normalized spacial score (nSPS) is 21.4. The fourth-order valence-electron chi connectivity index (χ4n) is 2.33. The molecule has 0 aromatic heterocycles. The number of aliphatic carboxylic acids is 1. The van der Waals surface area contributed by atoms with Crippen LogP contribution in [0.3, 0.4) is 0 Å². The van der Waals surface area contributed by atoms with Gasteiger partial charge in [-0.25, -0.2) is 4.79 Å². The summed E-state index contributed by atoms with van der Waals surface area (Å²) in [4.78, 5) is 33.5. The van der Waals surface area contributed by atoms with E-state index in [2.05, 4.69) is 10.6 Å². The lowest BCUT2D eigenvalue weighted by Gasteiger charge is -2.19. The fourth-order valence-corrected chi connectivity index (χ4v) is 3.26. The summed E-state index contributed by atoms with van der Waals surface area (Å²) in [6.07, 6.45) is 6.31. The zero-order valence-corrected chi connectivity index (χ0v) is 12.5. The van der Waals surface area contributed by atoms with Gasteiger partial charge in [-0.05, 0) is 31.9 Å². The maximum Gasteiger partial charge on any atom is 0.321 e. The Labute approximate surface area is 123 Å². The van der Waals surface area contributed by atoms with Crippen molar-refractivity contribution < 1.29 is 19.5 Å². The number of carboxylic acids is 1. The van der Waals surface area contributed by atoms with Gasteiger partial charge in [0.25, 0.3) is 0 Å². The third-order valence-electron chi connectivity index (χ3n) is 3.37. The number of carboxylic acid groups (broad SMARTS) is 1. The molecule has 2 atom stereocenters. The number of hydrogen-bond donors (Lipinski definition) is 3. The monoisotopic (exact) mass is 302 g/mol. The fraction of sp³-hybridized carbons (Fsp3) is 0.769. The lowest BCUT2D eigenvalue weighted by atomic mass is 10.2. The van der Waals surface area contributed by atoms with Gasteiger partial charge in [-0.15, -0.1) is 0 Å². The standard InChI is InChI=1S/C13H22N2O4S/c1-20-10-6-4-5-9(10)14-13(19)15-11(16)7-2-3-8-12(17)18/h9-10H,2-8H2,1H3,(H,17,18)(H2,14,15,16,19). The lowest BCUT2D eigenvalue weighted by Crippen LogP contribution is -2.46. The molecule has 0 radical (unpaired) electrons. The summed E-state index contributed by atoms with van der Waals surface area (Å²) in [5, 5.41) is 14.0. The molecule has 0 aromatic carbocycles. The average molecular weight is 302 g/mol. The van der Waals surface area contributed by atoms with Crippen molar-refractivity contribution in [1.29, 1.82) is 0 Å². The van der Waals surface area contributed by atoms with Crippen LogP contribution in [0.4, 0.5) is 4.79 Å². The van der Waals surface area contributed by atoms with Crippen molar-refractivity contribution in [3.63, 3.8) is 0 Å². The predicted molar refractivity (Wildman–Crippen MR) is 77.7 cm³/mol. The van der Waals surface area contributed by atoms with Crippen molar-refractivity contribution in [3.8, 4) is 0 Å². The van der Waals surface area contributed by atoms with Gasteiger partial charge in [0.05, 0.1) is 0 Å². The summed E-state index contributed by atoms with van der Waals surface area (Å²) in [5.74, 6) is -1.22. The maximum atomic E-state index is 11.7. The van der Waals surface area contributed by atoms with Crippen LogP contribution in [0.2, 0.25) is 0 Å². The van der Waals surface area contributed by atoms with E-state index < -0.39 is 12.0 Å². The van der Waals surface area contributed by atoms with Crippen LogP contribution in [0.5, 0.6) is 0 Å². The molecule has 0 aliphatic heterocycles. The first-order valence-corrected chi connectivity index (χ1v) is 8.16. The quantitative estimate of drug-likeness (QED) is 0.623. The van der Waals surface area contributed by atoms with E-state index in [0.717, 1.165) is 19.3 Å². The molecule has 1 rings (SSSR count). The third kappa shape index (κ3) is 6.27. The first-order valence-electron chi connectivity index (χ1n) is 6.88. The molecular formula is C13H22N2O4S. The number of rotatable bonds is 7. The third-order valence-corrected chi connectivity index (χ3v) is 4.54. The lowest BCUT2D eigenvalue weighted by molar-refractivity contribution is -0.137. The number of amides is 3. The van der Waals surface area contributed by atoms with E-state index >= 15 is 0 Å². The molecule has 2 unspecified atom stereocenters. The minimum atomic E-state index is -0.868. The van der Waals surface area contributed by atoms with E-state index in [0.29, 0.717) is 18.1 Å². The van der Waals surface area contributed by atoms with E-state index in [9.17, 15) is 14.4 Å². The Morgan fingerprint density at radius 2 is 1.90 bits per heavy atom. The molecule has 3 amide bonds. The molecule has 0 spiro atoms. The van der Waals surface area contributed by atoms with Gasteiger partial charge in [0.2, 0.25) is 5.91 Å². The first kappa shape index (κ1) is 16.8. The van der Waals surface area contributed by atoms with Crippen LogP contribution in [-0.2, 0) is 9.59 Å². The van der Waals surface area contributed by atoms with Gasteiger partial charge in [-0.3, -0.25) is 14.9 Å². The van der Waals surface area contributed by atoms with Gasteiger partial charge in [0.15, 0.2) is 0 Å². The Morgan fingerprint density at radius 3 is 2.55 bits per heavy atom. The highest BCUT2D eigenvalue weighted by Crippen LogP contribution is 2.28. The predicted octanol–water partition coefficient (Wildman–Crippen LogP) is 1.74. The number of urea groups is 1. The van der Waals surface area contributed by atoms with Crippen LogP contribution in [-0.4, -0.2) is 40.6 Å². The van der Waals surface area contributed by atoms with Crippen LogP contribution in [0.25, 0.3) is 0 Å². The second-order valence-corrected chi connectivity index (χ2v) is 6.01. The van der Waals surface area contributed by atoms with Gasteiger partial charge < -0.3 is 10.4 Å². The molecule has 114 valence electrons. The van der Waals surface area contributed by atoms with E-state index in [1.165, 1.54) is 0 Å².